The highest BCUT2D eigenvalue weighted by atomic mass is 35.5. The number of benzene rings is 2. The minimum Gasteiger partial charge on any atom is -0.506 e. The van der Waals surface area contributed by atoms with Gasteiger partial charge in [0.1, 0.15) is 11.6 Å². The van der Waals surface area contributed by atoms with E-state index in [1.54, 1.807) is 6.07 Å². The molecule has 1 fully saturated rings. The Balaban J connectivity index is 1.33. The maximum Gasteiger partial charge on any atom is 0.161 e. The molecule has 0 unspecified atom stereocenters. The second-order valence-corrected chi connectivity index (χ2v) is 8.47. The van der Waals surface area contributed by atoms with E-state index in [9.17, 15) is 5.11 Å². The zero-order valence-electron chi connectivity index (χ0n) is 16.9. The highest BCUT2D eigenvalue weighted by Crippen LogP contribution is 2.32. The van der Waals surface area contributed by atoms with E-state index < -0.39 is 0 Å². The van der Waals surface area contributed by atoms with Gasteiger partial charge in [-0.25, -0.2) is 9.97 Å². The van der Waals surface area contributed by atoms with Crippen LogP contribution < -0.4 is 4.90 Å². The third-order valence-electron chi connectivity index (χ3n) is 6.03. The second-order valence-electron chi connectivity index (χ2n) is 8.06. The first-order valence-electron chi connectivity index (χ1n) is 10.6. The van der Waals surface area contributed by atoms with Crippen LogP contribution >= 0.6 is 11.6 Å². The van der Waals surface area contributed by atoms with Gasteiger partial charge in [-0.1, -0.05) is 48.0 Å². The Labute approximate surface area is 182 Å². The number of halogens is 1. The molecule has 2 heterocycles. The van der Waals surface area contributed by atoms with Gasteiger partial charge in [0, 0.05) is 49.5 Å². The number of phenolic OH excluding ortho intramolecular Hbond substituents is 1. The number of aromatic hydroxyl groups is 1. The third kappa shape index (κ3) is 3.87. The highest BCUT2D eigenvalue weighted by Gasteiger charge is 2.26. The van der Waals surface area contributed by atoms with Crippen molar-refractivity contribution in [3.8, 4) is 17.1 Å². The van der Waals surface area contributed by atoms with Crippen LogP contribution in [-0.2, 0) is 19.4 Å². The van der Waals surface area contributed by atoms with Crippen molar-refractivity contribution in [1.29, 1.82) is 0 Å². The zero-order valence-corrected chi connectivity index (χ0v) is 17.6. The van der Waals surface area contributed by atoms with E-state index in [2.05, 4.69) is 21.9 Å². The molecule has 5 nitrogen and oxygen atoms in total. The van der Waals surface area contributed by atoms with Crippen LogP contribution in [0.4, 0.5) is 5.82 Å². The summed E-state index contributed by atoms with van der Waals surface area (Å²) in [6.07, 6.45) is 3.29. The molecule has 1 saturated heterocycles. The third-order valence-corrected chi connectivity index (χ3v) is 6.34. The quantitative estimate of drug-likeness (QED) is 0.681. The van der Waals surface area contributed by atoms with E-state index in [-0.39, 0.29) is 5.75 Å². The van der Waals surface area contributed by atoms with Crippen LogP contribution in [0.1, 0.15) is 23.2 Å². The summed E-state index contributed by atoms with van der Waals surface area (Å²) in [6.45, 7) is 4.67. The van der Waals surface area contributed by atoms with E-state index in [1.807, 2.05) is 30.3 Å². The lowest BCUT2D eigenvalue weighted by atomic mass is 10.1. The Morgan fingerprint density at radius 2 is 1.73 bits per heavy atom. The average molecular weight is 421 g/mol. The van der Waals surface area contributed by atoms with Gasteiger partial charge in [0.15, 0.2) is 5.82 Å². The largest absolute Gasteiger partial charge is 0.506 e. The summed E-state index contributed by atoms with van der Waals surface area (Å²) in [4.78, 5) is 14.8. The lowest BCUT2D eigenvalue weighted by molar-refractivity contribution is 0.249. The molecule has 5 rings (SSSR count). The number of hydrogen-bond donors (Lipinski definition) is 1. The van der Waals surface area contributed by atoms with Crippen LogP contribution in [0.15, 0.2) is 48.5 Å². The van der Waals surface area contributed by atoms with Gasteiger partial charge in [0.05, 0.1) is 5.02 Å². The molecule has 0 amide bonds. The Morgan fingerprint density at radius 1 is 0.933 bits per heavy atom. The van der Waals surface area contributed by atoms with E-state index >= 15 is 0 Å². The number of aromatic nitrogens is 2. The van der Waals surface area contributed by atoms with Gasteiger partial charge in [-0.2, -0.15) is 0 Å². The average Bonchev–Trinajstić information content (AvgIpc) is 3.26. The summed E-state index contributed by atoms with van der Waals surface area (Å²) >= 11 is 6.06. The summed E-state index contributed by atoms with van der Waals surface area (Å²) in [7, 11) is 0. The van der Waals surface area contributed by atoms with Crippen molar-refractivity contribution in [2.24, 2.45) is 0 Å². The summed E-state index contributed by atoms with van der Waals surface area (Å²) in [6, 6.07) is 15.7. The molecule has 1 N–H and O–H groups in total. The van der Waals surface area contributed by atoms with Gasteiger partial charge in [-0.3, -0.25) is 4.90 Å². The van der Waals surface area contributed by atoms with Crippen molar-refractivity contribution >= 4 is 17.4 Å². The van der Waals surface area contributed by atoms with Crippen molar-refractivity contribution < 1.29 is 5.11 Å². The van der Waals surface area contributed by atoms with E-state index in [1.165, 1.54) is 11.3 Å². The number of rotatable bonds is 4. The Bertz CT molecular complexity index is 1050. The van der Waals surface area contributed by atoms with Gasteiger partial charge in [0.25, 0.3) is 0 Å². The van der Waals surface area contributed by atoms with Crippen molar-refractivity contribution in [3.05, 3.63) is 70.4 Å². The smallest absolute Gasteiger partial charge is 0.161 e. The van der Waals surface area contributed by atoms with E-state index in [4.69, 9.17) is 21.6 Å². The van der Waals surface area contributed by atoms with Crippen molar-refractivity contribution in [1.82, 2.24) is 14.9 Å². The summed E-state index contributed by atoms with van der Waals surface area (Å²) in [5, 5.41) is 10.0. The molecule has 0 saturated carbocycles. The molecule has 1 aliphatic carbocycles. The Morgan fingerprint density at radius 3 is 2.50 bits per heavy atom. The van der Waals surface area contributed by atoms with Crippen LogP contribution in [0, 0.1) is 0 Å². The fraction of sp³-hybridized carbons (Fsp3) is 0.333. The van der Waals surface area contributed by atoms with Crippen LogP contribution in [0.2, 0.25) is 5.02 Å². The van der Waals surface area contributed by atoms with Crippen molar-refractivity contribution in [2.45, 2.75) is 25.8 Å². The highest BCUT2D eigenvalue weighted by molar-refractivity contribution is 6.32. The second kappa shape index (κ2) is 8.25. The van der Waals surface area contributed by atoms with Crippen LogP contribution in [0.25, 0.3) is 11.4 Å². The molecule has 154 valence electrons. The normalized spacial score (nSPS) is 16.6. The van der Waals surface area contributed by atoms with Crippen LogP contribution in [0.5, 0.6) is 5.75 Å². The van der Waals surface area contributed by atoms with Gasteiger partial charge < -0.3 is 10.0 Å². The molecule has 30 heavy (non-hydrogen) atoms. The van der Waals surface area contributed by atoms with Gasteiger partial charge >= 0.3 is 0 Å². The Hall–Kier alpha value is -2.63. The summed E-state index contributed by atoms with van der Waals surface area (Å²) < 4.78 is 0. The Kier molecular flexibility index (Phi) is 5.32. The first-order chi connectivity index (χ1) is 14.7. The fourth-order valence-corrected chi connectivity index (χ4v) is 4.62. The van der Waals surface area contributed by atoms with Crippen LogP contribution in [0.3, 0.4) is 0 Å². The number of fused-ring (bicyclic) bond motifs is 1. The maximum atomic E-state index is 9.63. The molecule has 6 heteroatoms. The SMILES string of the molecule is Oc1ccc(CN2CCN(c3nc(-c4ccccc4)nc4c3CCC4)CC2)cc1Cl. The lowest BCUT2D eigenvalue weighted by Gasteiger charge is -2.36. The molecule has 0 atom stereocenters. The molecule has 0 radical (unpaired) electrons. The van der Waals surface area contributed by atoms with Crippen LogP contribution in [-0.4, -0.2) is 46.2 Å². The number of hydrogen-bond acceptors (Lipinski definition) is 5. The number of anilines is 1. The molecular weight excluding hydrogens is 396 g/mol. The molecule has 2 aliphatic rings. The van der Waals surface area contributed by atoms with Gasteiger partial charge in [-0.05, 0) is 37.0 Å². The standard InChI is InChI=1S/C24H25ClN4O/c25-20-15-17(9-10-22(20)30)16-28-11-13-29(14-12-28)24-19-7-4-8-21(19)26-23(27-24)18-5-2-1-3-6-18/h1-3,5-6,9-10,15,30H,4,7-8,11-14,16H2. The molecule has 0 bridgehead atoms. The number of nitrogens with zero attached hydrogens (tertiary/aromatic N) is 4. The van der Waals surface area contributed by atoms with E-state index in [0.717, 1.165) is 74.8 Å². The molecule has 1 aliphatic heterocycles. The predicted molar refractivity (Wildman–Crippen MR) is 120 cm³/mol. The van der Waals surface area contributed by atoms with Gasteiger partial charge in [0.2, 0.25) is 0 Å². The lowest BCUT2D eigenvalue weighted by Crippen LogP contribution is -2.46. The minimum atomic E-state index is 0.136. The van der Waals surface area contributed by atoms with Crippen molar-refractivity contribution in [3.63, 3.8) is 0 Å². The molecule has 3 aromatic rings. The monoisotopic (exact) mass is 420 g/mol. The molecule has 0 spiro atoms. The predicted octanol–water partition coefficient (Wildman–Crippen LogP) is 4.31. The first-order valence-corrected chi connectivity index (χ1v) is 10.9. The zero-order chi connectivity index (χ0) is 20.5. The van der Waals surface area contributed by atoms with Crippen molar-refractivity contribution in [2.75, 3.05) is 31.1 Å². The summed E-state index contributed by atoms with van der Waals surface area (Å²) in [5.41, 5.74) is 4.77. The van der Waals surface area contributed by atoms with Gasteiger partial charge in [-0.15, -0.1) is 0 Å². The topological polar surface area (TPSA) is 52.5 Å². The molecule has 1 aromatic heterocycles. The molecular formula is C24H25ClN4O. The minimum absolute atomic E-state index is 0.136. The summed E-state index contributed by atoms with van der Waals surface area (Å²) in [5.74, 6) is 2.10. The maximum absolute atomic E-state index is 9.63. The number of aryl methyl sites for hydroxylation is 1. The van der Waals surface area contributed by atoms with E-state index in [0.29, 0.717) is 5.02 Å². The number of piperazine rings is 1. The first kappa shape index (κ1) is 19.3. The fourth-order valence-electron chi connectivity index (χ4n) is 4.42. The molecule has 2 aromatic carbocycles. The number of phenols is 1.